The minimum absolute atomic E-state index is 0.114. The van der Waals surface area contributed by atoms with Gasteiger partial charge in [-0.15, -0.1) is 0 Å². The van der Waals surface area contributed by atoms with Crippen molar-refractivity contribution in [2.24, 2.45) is 0 Å². The zero-order valence-electron chi connectivity index (χ0n) is 28.9. The van der Waals surface area contributed by atoms with Gasteiger partial charge in [-0.05, 0) is 90.2 Å². The number of hydrogen-bond acceptors (Lipinski definition) is 7. The number of anilines is 2. The first-order valence-electron chi connectivity index (χ1n) is 15.6. The third kappa shape index (κ3) is 14.1. The molecule has 5 N–H and O–H groups in total. The number of carboxylic acid groups (broad SMARTS) is 2. The molecule has 0 aliphatic rings. The van der Waals surface area contributed by atoms with E-state index < -0.39 is 24.4 Å². The first kappa shape index (κ1) is 42.4. The lowest BCUT2D eigenvalue weighted by atomic mass is 10.1. The van der Waals surface area contributed by atoms with Gasteiger partial charge in [0.1, 0.15) is 19.8 Å². The second kappa shape index (κ2) is 19.7. The van der Waals surface area contributed by atoms with Crippen LogP contribution in [0.1, 0.15) is 52.0 Å². The van der Waals surface area contributed by atoms with E-state index in [1.807, 2.05) is 38.1 Å². The highest BCUT2D eigenvalue weighted by molar-refractivity contribution is 6.38. The standard InChI is InChI=1S/C19H18Cl2N2O5.C18H17Cl2NO4/c1-10-3-12(5-14(4-10)23-11(2)24)9-28-18-15(20)6-13(7-16(18)21)19(27)22-8-17(25)26;1-10-3-13(5-14(4-10)21-11(2)22)9-25-18-15(19)6-12(7-16(18)20)8-17(23)24/h3-7H,8-9H2,1-2H3,(H,22,27)(H,23,24)(H,25,26);3-7H,8-9H2,1-2H3,(H,21,22)(H,23,24). The van der Waals surface area contributed by atoms with Crippen molar-refractivity contribution in [1.82, 2.24) is 5.32 Å². The summed E-state index contributed by atoms with van der Waals surface area (Å²) in [5, 5.41) is 25.9. The van der Waals surface area contributed by atoms with Gasteiger partial charge in [-0.25, -0.2) is 0 Å². The summed E-state index contributed by atoms with van der Waals surface area (Å²) in [6.45, 7) is 6.48. The highest BCUT2D eigenvalue weighted by atomic mass is 35.5. The molecule has 4 aromatic rings. The normalized spacial score (nSPS) is 10.3. The Morgan fingerprint density at radius 3 is 1.38 bits per heavy atom. The zero-order chi connectivity index (χ0) is 39.4. The van der Waals surface area contributed by atoms with Crippen LogP contribution in [0.4, 0.5) is 11.4 Å². The van der Waals surface area contributed by atoms with E-state index in [9.17, 15) is 24.0 Å². The van der Waals surface area contributed by atoms with Gasteiger partial charge in [0.2, 0.25) is 11.8 Å². The van der Waals surface area contributed by atoms with E-state index in [0.29, 0.717) is 22.7 Å². The minimum Gasteiger partial charge on any atom is -0.486 e. The number of nitrogens with one attached hydrogen (secondary N) is 3. The van der Waals surface area contributed by atoms with Crippen LogP contribution in [-0.4, -0.2) is 46.4 Å². The molecule has 0 radical (unpaired) electrons. The van der Waals surface area contributed by atoms with E-state index in [4.69, 9.17) is 66.1 Å². The van der Waals surface area contributed by atoms with Crippen LogP contribution in [0.25, 0.3) is 0 Å². The van der Waals surface area contributed by atoms with Gasteiger partial charge in [-0.1, -0.05) is 58.5 Å². The average Bonchev–Trinajstić information content (AvgIpc) is 3.01. The number of benzene rings is 4. The quantitative estimate of drug-likeness (QED) is 0.0892. The summed E-state index contributed by atoms with van der Waals surface area (Å²) in [6, 6.07) is 16.8. The lowest BCUT2D eigenvalue weighted by Crippen LogP contribution is -2.29. The number of halogens is 4. The molecule has 4 rings (SSSR count). The van der Waals surface area contributed by atoms with E-state index in [0.717, 1.165) is 22.3 Å². The number of carboxylic acids is 2. The van der Waals surface area contributed by atoms with Crippen molar-refractivity contribution < 1.29 is 43.7 Å². The Morgan fingerprint density at radius 1 is 0.585 bits per heavy atom. The van der Waals surface area contributed by atoms with Gasteiger partial charge in [0.25, 0.3) is 5.91 Å². The summed E-state index contributed by atoms with van der Waals surface area (Å²) in [4.78, 5) is 55.7. The Morgan fingerprint density at radius 2 is 1.00 bits per heavy atom. The number of ether oxygens (including phenoxy) is 2. The van der Waals surface area contributed by atoms with Crippen LogP contribution in [0, 0.1) is 13.8 Å². The van der Waals surface area contributed by atoms with E-state index in [-0.39, 0.29) is 62.9 Å². The molecule has 53 heavy (non-hydrogen) atoms. The van der Waals surface area contributed by atoms with Crippen molar-refractivity contribution in [2.45, 2.75) is 47.3 Å². The molecule has 280 valence electrons. The van der Waals surface area contributed by atoms with Crippen molar-refractivity contribution in [1.29, 1.82) is 0 Å². The van der Waals surface area contributed by atoms with Gasteiger partial charge < -0.3 is 35.6 Å². The van der Waals surface area contributed by atoms with E-state index in [2.05, 4.69) is 16.0 Å². The predicted molar refractivity (Wildman–Crippen MR) is 204 cm³/mol. The minimum atomic E-state index is -1.16. The maximum atomic E-state index is 11.9. The molecule has 0 saturated carbocycles. The fraction of sp³-hybridized carbons (Fsp3) is 0.216. The summed E-state index contributed by atoms with van der Waals surface area (Å²) in [7, 11) is 0. The van der Waals surface area contributed by atoms with Crippen molar-refractivity contribution in [3.05, 3.63) is 114 Å². The zero-order valence-corrected chi connectivity index (χ0v) is 31.9. The van der Waals surface area contributed by atoms with Gasteiger partial charge >= 0.3 is 11.9 Å². The van der Waals surface area contributed by atoms with Crippen LogP contribution in [0.2, 0.25) is 20.1 Å². The molecule has 12 nitrogen and oxygen atoms in total. The Balaban J connectivity index is 0.000000287. The topological polar surface area (TPSA) is 180 Å². The Labute approximate surface area is 325 Å². The van der Waals surface area contributed by atoms with Crippen molar-refractivity contribution in [3.8, 4) is 11.5 Å². The average molecular weight is 808 g/mol. The van der Waals surface area contributed by atoms with Crippen LogP contribution < -0.4 is 25.4 Å². The molecule has 0 aromatic heterocycles. The first-order chi connectivity index (χ1) is 24.9. The third-order valence-electron chi connectivity index (χ3n) is 6.76. The molecule has 0 saturated heterocycles. The van der Waals surface area contributed by atoms with Crippen molar-refractivity contribution in [2.75, 3.05) is 17.2 Å². The fourth-order valence-electron chi connectivity index (χ4n) is 4.87. The van der Waals surface area contributed by atoms with Crippen LogP contribution >= 0.6 is 46.4 Å². The summed E-state index contributed by atoms with van der Waals surface area (Å²) in [5.41, 5.74) is 5.48. The summed E-state index contributed by atoms with van der Waals surface area (Å²) < 4.78 is 11.4. The van der Waals surface area contributed by atoms with Crippen LogP contribution in [0.5, 0.6) is 11.5 Å². The van der Waals surface area contributed by atoms with Gasteiger partial charge in [0.15, 0.2) is 11.5 Å². The van der Waals surface area contributed by atoms with Gasteiger partial charge in [-0.3, -0.25) is 24.0 Å². The molecule has 0 atom stereocenters. The molecule has 4 aromatic carbocycles. The smallest absolute Gasteiger partial charge is 0.322 e. The molecule has 0 spiro atoms. The molecule has 16 heteroatoms. The summed E-state index contributed by atoms with van der Waals surface area (Å²) in [5.74, 6) is -2.59. The van der Waals surface area contributed by atoms with Gasteiger partial charge in [-0.2, -0.15) is 0 Å². The lowest BCUT2D eigenvalue weighted by molar-refractivity contribution is -0.137. The van der Waals surface area contributed by atoms with E-state index in [1.54, 1.807) is 12.1 Å². The number of hydrogen-bond donors (Lipinski definition) is 5. The van der Waals surface area contributed by atoms with E-state index in [1.165, 1.54) is 38.1 Å². The molecular formula is C37H35Cl4N3O9. The second-order valence-corrected chi connectivity index (χ2v) is 13.3. The van der Waals surface area contributed by atoms with Crippen LogP contribution in [-0.2, 0) is 38.8 Å². The molecular weight excluding hydrogens is 772 g/mol. The molecule has 0 bridgehead atoms. The number of rotatable bonds is 13. The highest BCUT2D eigenvalue weighted by Gasteiger charge is 2.16. The van der Waals surface area contributed by atoms with Crippen molar-refractivity contribution in [3.63, 3.8) is 0 Å². The second-order valence-electron chi connectivity index (χ2n) is 11.7. The monoisotopic (exact) mass is 805 g/mol. The number of carbonyl (C=O) groups is 5. The SMILES string of the molecule is CC(=O)Nc1cc(C)cc(COc2c(Cl)cc(C(=O)NCC(=O)O)cc2Cl)c1.CC(=O)Nc1cc(C)cc(COc2c(Cl)cc(CC(=O)O)cc2Cl)c1. The summed E-state index contributed by atoms with van der Waals surface area (Å²) >= 11 is 24.7. The predicted octanol–water partition coefficient (Wildman–Crippen LogP) is 8.12. The number of aliphatic carboxylic acids is 2. The molecule has 3 amide bonds. The first-order valence-corrected chi connectivity index (χ1v) is 17.1. The van der Waals surface area contributed by atoms with Gasteiger partial charge in [0.05, 0.1) is 26.5 Å². The highest BCUT2D eigenvalue weighted by Crippen LogP contribution is 2.36. The van der Waals surface area contributed by atoms with Crippen LogP contribution in [0.3, 0.4) is 0 Å². The molecule has 0 fully saturated rings. The van der Waals surface area contributed by atoms with Crippen molar-refractivity contribution >= 4 is 87.4 Å². The molecule has 0 aliphatic carbocycles. The maximum Gasteiger partial charge on any atom is 0.322 e. The number of carbonyl (C=O) groups excluding carboxylic acids is 3. The molecule has 0 heterocycles. The van der Waals surface area contributed by atoms with Gasteiger partial charge in [0, 0.05) is 30.8 Å². The Hall–Kier alpha value is -5.01. The molecule has 0 unspecified atom stereocenters. The summed E-state index contributed by atoms with van der Waals surface area (Å²) in [6.07, 6.45) is -0.169. The number of aryl methyl sites for hydroxylation is 2. The largest absolute Gasteiger partial charge is 0.486 e. The Kier molecular flexibility index (Phi) is 15.8. The fourth-order valence-corrected chi connectivity index (χ4v) is 6.10. The number of amides is 3. The maximum absolute atomic E-state index is 11.9. The molecule has 0 aliphatic heterocycles. The third-order valence-corrected chi connectivity index (χ3v) is 7.88. The van der Waals surface area contributed by atoms with E-state index >= 15 is 0 Å². The van der Waals surface area contributed by atoms with Crippen LogP contribution in [0.15, 0.2) is 60.7 Å². The Bertz CT molecular complexity index is 1990. The lowest BCUT2D eigenvalue weighted by Gasteiger charge is -2.13.